The van der Waals surface area contributed by atoms with E-state index in [9.17, 15) is 14.7 Å². The molecule has 0 unspecified atom stereocenters. The average molecular weight is 329 g/mol. The number of rotatable bonds is 2. The highest BCUT2D eigenvalue weighted by molar-refractivity contribution is 6.05. The van der Waals surface area contributed by atoms with Crippen molar-refractivity contribution in [2.45, 2.75) is 40.0 Å². The first-order valence-electron chi connectivity index (χ1n) is 7.71. The van der Waals surface area contributed by atoms with Crippen molar-refractivity contribution < 1.29 is 9.90 Å². The van der Waals surface area contributed by atoms with E-state index in [1.165, 1.54) is 7.05 Å². The SMILES string of the molecule is Cc1nn(C)c(=O)c(C(=O)Nc2cc(C(C)(C)C)ccc2O)c1C. The number of benzene rings is 1. The molecule has 6 heteroatoms. The van der Waals surface area contributed by atoms with Gasteiger partial charge in [-0.25, -0.2) is 4.68 Å². The van der Waals surface area contributed by atoms with Crippen LogP contribution in [0.1, 0.15) is 48.0 Å². The first kappa shape index (κ1) is 17.7. The van der Waals surface area contributed by atoms with Crippen LogP contribution in [0.15, 0.2) is 23.0 Å². The second-order valence-electron chi connectivity index (χ2n) is 6.95. The summed E-state index contributed by atoms with van der Waals surface area (Å²) in [5.74, 6) is -0.600. The first-order valence-corrected chi connectivity index (χ1v) is 7.71. The molecular weight excluding hydrogens is 306 g/mol. The molecule has 128 valence electrons. The van der Waals surface area contributed by atoms with E-state index in [0.717, 1.165) is 10.2 Å². The zero-order valence-electron chi connectivity index (χ0n) is 14.9. The molecule has 24 heavy (non-hydrogen) atoms. The third kappa shape index (κ3) is 3.32. The Morgan fingerprint density at radius 3 is 2.46 bits per heavy atom. The Balaban J connectivity index is 2.47. The minimum atomic E-state index is -0.556. The second-order valence-corrected chi connectivity index (χ2v) is 6.95. The number of carbonyl (C=O) groups is 1. The molecule has 0 spiro atoms. The number of hydrogen-bond donors (Lipinski definition) is 2. The van der Waals surface area contributed by atoms with Gasteiger partial charge in [-0.05, 0) is 42.5 Å². The Kier molecular flexibility index (Phi) is 4.51. The quantitative estimate of drug-likeness (QED) is 0.830. The molecule has 1 aromatic carbocycles. The zero-order valence-corrected chi connectivity index (χ0v) is 14.9. The van der Waals surface area contributed by atoms with Gasteiger partial charge in [-0.3, -0.25) is 9.59 Å². The van der Waals surface area contributed by atoms with Crippen LogP contribution in [-0.2, 0) is 12.5 Å². The number of carbonyl (C=O) groups excluding carboxylic acids is 1. The van der Waals surface area contributed by atoms with Gasteiger partial charge in [0.1, 0.15) is 11.3 Å². The van der Waals surface area contributed by atoms with Gasteiger partial charge < -0.3 is 10.4 Å². The smallest absolute Gasteiger partial charge is 0.279 e. The third-order valence-electron chi connectivity index (χ3n) is 4.06. The molecule has 0 aliphatic rings. The summed E-state index contributed by atoms with van der Waals surface area (Å²) < 4.78 is 1.14. The standard InChI is InChI=1S/C18H23N3O3/c1-10-11(2)20-21(6)17(24)15(10)16(23)19-13-9-12(18(3,4)5)7-8-14(13)22/h7-9,22H,1-6H3,(H,19,23). The van der Waals surface area contributed by atoms with E-state index in [4.69, 9.17) is 0 Å². The summed E-state index contributed by atoms with van der Waals surface area (Å²) in [4.78, 5) is 24.9. The molecule has 0 saturated carbocycles. The van der Waals surface area contributed by atoms with Gasteiger partial charge in [0.15, 0.2) is 0 Å². The van der Waals surface area contributed by atoms with Crippen LogP contribution in [0.5, 0.6) is 5.75 Å². The van der Waals surface area contributed by atoms with Crippen LogP contribution in [0.3, 0.4) is 0 Å². The molecule has 1 heterocycles. The van der Waals surface area contributed by atoms with Crippen molar-refractivity contribution in [3.63, 3.8) is 0 Å². The summed E-state index contributed by atoms with van der Waals surface area (Å²) in [5, 5.41) is 16.7. The number of aromatic nitrogens is 2. The molecule has 6 nitrogen and oxygen atoms in total. The van der Waals surface area contributed by atoms with E-state index in [-0.39, 0.29) is 22.4 Å². The lowest BCUT2D eigenvalue weighted by atomic mass is 9.87. The van der Waals surface area contributed by atoms with Crippen LogP contribution in [0.4, 0.5) is 5.69 Å². The predicted molar refractivity (Wildman–Crippen MR) is 93.7 cm³/mol. The predicted octanol–water partition coefficient (Wildman–Crippen LogP) is 2.65. The van der Waals surface area contributed by atoms with Crippen molar-refractivity contribution in [2.75, 3.05) is 5.32 Å². The highest BCUT2D eigenvalue weighted by Gasteiger charge is 2.21. The maximum absolute atomic E-state index is 12.6. The van der Waals surface area contributed by atoms with Crippen LogP contribution in [0.25, 0.3) is 0 Å². The fourth-order valence-electron chi connectivity index (χ4n) is 2.40. The summed E-state index contributed by atoms with van der Waals surface area (Å²) in [5.41, 5.74) is 1.81. The van der Waals surface area contributed by atoms with Gasteiger partial charge in [0.25, 0.3) is 11.5 Å². The lowest BCUT2D eigenvalue weighted by Crippen LogP contribution is -2.31. The van der Waals surface area contributed by atoms with Gasteiger partial charge in [-0.15, -0.1) is 0 Å². The average Bonchev–Trinajstić information content (AvgIpc) is 2.46. The molecule has 2 N–H and O–H groups in total. The van der Waals surface area contributed by atoms with Crippen molar-refractivity contribution in [2.24, 2.45) is 7.05 Å². The van der Waals surface area contributed by atoms with E-state index >= 15 is 0 Å². The molecule has 0 bridgehead atoms. The Bertz CT molecular complexity index is 861. The fourth-order valence-corrected chi connectivity index (χ4v) is 2.40. The molecule has 0 aliphatic heterocycles. The summed E-state index contributed by atoms with van der Waals surface area (Å²) >= 11 is 0. The molecule has 2 rings (SSSR count). The molecular formula is C18H23N3O3. The number of nitrogens with one attached hydrogen (secondary N) is 1. The number of phenols is 1. The molecule has 0 fully saturated rings. The van der Waals surface area contributed by atoms with Crippen LogP contribution >= 0.6 is 0 Å². The second kappa shape index (κ2) is 6.11. The topological polar surface area (TPSA) is 84.2 Å². The summed E-state index contributed by atoms with van der Waals surface area (Å²) in [6, 6.07) is 5.08. The number of aromatic hydroxyl groups is 1. The fraction of sp³-hybridized carbons (Fsp3) is 0.389. The van der Waals surface area contributed by atoms with Gasteiger partial charge in [0.2, 0.25) is 0 Å². The summed E-state index contributed by atoms with van der Waals surface area (Å²) in [6.07, 6.45) is 0. The zero-order chi connectivity index (χ0) is 18.2. The number of aryl methyl sites for hydroxylation is 2. The van der Waals surface area contributed by atoms with Gasteiger partial charge in [0.05, 0.1) is 11.4 Å². The van der Waals surface area contributed by atoms with E-state index in [2.05, 4.69) is 10.4 Å². The first-order chi connectivity index (χ1) is 11.0. The van der Waals surface area contributed by atoms with Crippen LogP contribution < -0.4 is 10.9 Å². The van der Waals surface area contributed by atoms with Crippen molar-refractivity contribution in [1.29, 1.82) is 0 Å². The lowest BCUT2D eigenvalue weighted by molar-refractivity contribution is 0.102. The normalized spacial score (nSPS) is 11.4. The maximum Gasteiger partial charge on any atom is 0.279 e. The summed E-state index contributed by atoms with van der Waals surface area (Å²) in [6.45, 7) is 9.54. The van der Waals surface area contributed by atoms with Gasteiger partial charge in [0, 0.05) is 7.05 Å². The number of hydrogen-bond acceptors (Lipinski definition) is 4. The Labute approximate surface area is 141 Å². The van der Waals surface area contributed by atoms with Crippen LogP contribution in [0, 0.1) is 13.8 Å². The highest BCUT2D eigenvalue weighted by atomic mass is 16.3. The molecule has 0 atom stereocenters. The molecule has 1 aromatic heterocycles. The summed E-state index contributed by atoms with van der Waals surface area (Å²) in [7, 11) is 1.50. The van der Waals surface area contributed by atoms with Crippen molar-refractivity contribution in [1.82, 2.24) is 9.78 Å². The van der Waals surface area contributed by atoms with E-state index < -0.39 is 11.5 Å². The van der Waals surface area contributed by atoms with Gasteiger partial charge in [-0.2, -0.15) is 5.10 Å². The van der Waals surface area contributed by atoms with Crippen LogP contribution in [-0.4, -0.2) is 20.8 Å². The van der Waals surface area contributed by atoms with E-state index in [1.807, 2.05) is 26.8 Å². The van der Waals surface area contributed by atoms with E-state index in [1.54, 1.807) is 26.0 Å². The lowest BCUT2D eigenvalue weighted by Gasteiger charge is -2.20. The number of nitrogens with zero attached hydrogens (tertiary/aromatic N) is 2. The van der Waals surface area contributed by atoms with Gasteiger partial charge in [-0.1, -0.05) is 26.8 Å². The van der Waals surface area contributed by atoms with Crippen molar-refractivity contribution >= 4 is 11.6 Å². The van der Waals surface area contributed by atoms with Crippen LogP contribution in [0.2, 0.25) is 0 Å². The molecule has 0 aliphatic carbocycles. The third-order valence-corrected chi connectivity index (χ3v) is 4.06. The molecule has 0 radical (unpaired) electrons. The molecule has 0 saturated heterocycles. The molecule has 2 aromatic rings. The number of anilines is 1. The highest BCUT2D eigenvalue weighted by Crippen LogP contribution is 2.31. The monoisotopic (exact) mass is 329 g/mol. The Morgan fingerprint density at radius 2 is 1.88 bits per heavy atom. The van der Waals surface area contributed by atoms with Gasteiger partial charge >= 0.3 is 0 Å². The maximum atomic E-state index is 12.6. The number of phenolic OH excluding ortho intramolecular Hbond substituents is 1. The Morgan fingerprint density at radius 1 is 1.25 bits per heavy atom. The van der Waals surface area contributed by atoms with Crippen molar-refractivity contribution in [3.05, 3.63) is 50.9 Å². The minimum absolute atomic E-state index is 0.0329. The number of amides is 1. The minimum Gasteiger partial charge on any atom is -0.506 e. The van der Waals surface area contributed by atoms with E-state index in [0.29, 0.717) is 11.3 Å². The largest absolute Gasteiger partial charge is 0.506 e. The molecule has 1 amide bonds. The Hall–Kier alpha value is -2.63. The van der Waals surface area contributed by atoms with Crippen molar-refractivity contribution in [3.8, 4) is 5.75 Å².